The number of nitrogens with one attached hydrogen (secondary N) is 1. The lowest BCUT2D eigenvalue weighted by atomic mass is 10.2. The van der Waals surface area contributed by atoms with Crippen LogP contribution in [-0.2, 0) is 14.3 Å². The highest BCUT2D eigenvalue weighted by molar-refractivity contribution is 6.44. The summed E-state index contributed by atoms with van der Waals surface area (Å²) in [5, 5.41) is 2.45. The number of amides is 2. The molecule has 0 radical (unpaired) electrons. The lowest BCUT2D eigenvalue weighted by Crippen LogP contribution is -2.37. The van der Waals surface area contributed by atoms with Gasteiger partial charge in [0.1, 0.15) is 0 Å². The van der Waals surface area contributed by atoms with Gasteiger partial charge >= 0.3 is 17.8 Å². The Labute approximate surface area is 133 Å². The summed E-state index contributed by atoms with van der Waals surface area (Å²) < 4.78 is 4.65. The van der Waals surface area contributed by atoms with Crippen molar-refractivity contribution >= 4 is 29.2 Å². The number of methoxy groups -OCH3 is 1. The Balaban J connectivity index is 2.16. The third-order valence-electron chi connectivity index (χ3n) is 3.22. The Kier molecular flexibility index (Phi) is 5.09. The van der Waals surface area contributed by atoms with Gasteiger partial charge in [-0.3, -0.25) is 9.59 Å². The summed E-state index contributed by atoms with van der Waals surface area (Å²) in [4.78, 5) is 37.2. The summed E-state index contributed by atoms with van der Waals surface area (Å²) in [6.45, 7) is 0. The molecular weight excluding hydrogens is 296 g/mol. The van der Waals surface area contributed by atoms with Gasteiger partial charge in [0.15, 0.2) is 0 Å². The summed E-state index contributed by atoms with van der Waals surface area (Å²) in [6, 6.07) is 15.1. The van der Waals surface area contributed by atoms with Crippen LogP contribution in [0.5, 0.6) is 0 Å². The molecule has 0 atom stereocenters. The molecular formula is C17H16N2O4. The van der Waals surface area contributed by atoms with Crippen molar-refractivity contribution in [3.63, 3.8) is 0 Å². The van der Waals surface area contributed by atoms with Gasteiger partial charge in [-0.15, -0.1) is 0 Å². The molecule has 6 nitrogen and oxygen atoms in total. The van der Waals surface area contributed by atoms with Crippen LogP contribution in [0, 0.1) is 0 Å². The topological polar surface area (TPSA) is 75.7 Å². The number of likely N-dealkylation sites (N-methyl/N-ethyl adjacent to an activating group) is 1. The third-order valence-corrected chi connectivity index (χ3v) is 3.22. The lowest BCUT2D eigenvalue weighted by molar-refractivity contribution is -0.134. The van der Waals surface area contributed by atoms with Crippen LogP contribution >= 0.6 is 0 Å². The Hall–Kier alpha value is -3.15. The van der Waals surface area contributed by atoms with E-state index in [0.717, 1.165) is 0 Å². The molecule has 0 fully saturated rings. The number of carbonyl (C=O) groups excluding carboxylic acids is 3. The fourth-order valence-corrected chi connectivity index (χ4v) is 1.98. The molecule has 0 saturated carbocycles. The van der Waals surface area contributed by atoms with Gasteiger partial charge in [-0.05, 0) is 24.3 Å². The number of ether oxygens (including phenoxy) is 1. The van der Waals surface area contributed by atoms with Crippen molar-refractivity contribution in [3.05, 3.63) is 60.2 Å². The smallest absolute Gasteiger partial charge is 0.339 e. The zero-order chi connectivity index (χ0) is 16.8. The van der Waals surface area contributed by atoms with E-state index >= 15 is 0 Å². The Morgan fingerprint density at radius 1 is 0.957 bits per heavy atom. The summed E-state index contributed by atoms with van der Waals surface area (Å²) in [7, 11) is 2.75. The van der Waals surface area contributed by atoms with Crippen LogP contribution in [0.1, 0.15) is 10.4 Å². The number of esters is 1. The normalized spacial score (nSPS) is 9.83. The number of benzene rings is 2. The van der Waals surface area contributed by atoms with Crippen molar-refractivity contribution in [2.24, 2.45) is 0 Å². The van der Waals surface area contributed by atoms with Crippen LogP contribution in [0.3, 0.4) is 0 Å². The van der Waals surface area contributed by atoms with E-state index in [0.29, 0.717) is 5.69 Å². The molecule has 2 aromatic carbocycles. The first-order valence-electron chi connectivity index (χ1n) is 6.86. The number of para-hydroxylation sites is 2. The van der Waals surface area contributed by atoms with Crippen LogP contribution in [0.25, 0.3) is 0 Å². The van der Waals surface area contributed by atoms with Crippen molar-refractivity contribution in [2.45, 2.75) is 0 Å². The van der Waals surface area contributed by atoms with Gasteiger partial charge < -0.3 is 15.0 Å². The van der Waals surface area contributed by atoms with E-state index < -0.39 is 17.8 Å². The van der Waals surface area contributed by atoms with Gasteiger partial charge in [0.25, 0.3) is 0 Å². The highest BCUT2D eigenvalue weighted by Gasteiger charge is 2.22. The second-order valence-electron chi connectivity index (χ2n) is 4.69. The van der Waals surface area contributed by atoms with E-state index in [9.17, 15) is 14.4 Å². The fraction of sp³-hybridized carbons (Fsp3) is 0.118. The van der Waals surface area contributed by atoms with E-state index in [1.54, 1.807) is 36.4 Å². The molecule has 0 unspecified atom stereocenters. The molecule has 0 aliphatic rings. The molecule has 23 heavy (non-hydrogen) atoms. The molecule has 0 aliphatic carbocycles. The van der Waals surface area contributed by atoms with Gasteiger partial charge in [-0.2, -0.15) is 0 Å². The summed E-state index contributed by atoms with van der Waals surface area (Å²) in [5.74, 6) is -2.17. The molecule has 0 aliphatic heterocycles. The zero-order valence-corrected chi connectivity index (χ0v) is 12.8. The third kappa shape index (κ3) is 3.74. The molecule has 2 aromatic rings. The Morgan fingerprint density at radius 3 is 2.22 bits per heavy atom. The Bertz CT molecular complexity index is 728. The minimum Gasteiger partial charge on any atom is -0.465 e. The first kappa shape index (κ1) is 16.2. The van der Waals surface area contributed by atoms with Crippen LogP contribution in [0.4, 0.5) is 11.4 Å². The first-order valence-corrected chi connectivity index (χ1v) is 6.86. The van der Waals surface area contributed by atoms with Crippen molar-refractivity contribution < 1.29 is 19.1 Å². The predicted octanol–water partition coefficient (Wildman–Crippen LogP) is 2.07. The van der Waals surface area contributed by atoms with E-state index in [2.05, 4.69) is 10.1 Å². The van der Waals surface area contributed by atoms with Gasteiger partial charge in [-0.1, -0.05) is 30.3 Å². The molecule has 1 N–H and O–H groups in total. The largest absolute Gasteiger partial charge is 0.465 e. The van der Waals surface area contributed by atoms with Crippen LogP contribution in [0.2, 0.25) is 0 Å². The summed E-state index contributed by atoms with van der Waals surface area (Å²) in [6.07, 6.45) is 0. The quantitative estimate of drug-likeness (QED) is 0.695. The molecule has 0 aromatic heterocycles. The maximum atomic E-state index is 12.2. The van der Waals surface area contributed by atoms with E-state index in [1.165, 1.54) is 31.2 Å². The van der Waals surface area contributed by atoms with Crippen LogP contribution in [-0.4, -0.2) is 31.9 Å². The van der Waals surface area contributed by atoms with Gasteiger partial charge in [0, 0.05) is 12.7 Å². The Morgan fingerprint density at radius 2 is 1.57 bits per heavy atom. The average molecular weight is 312 g/mol. The minimum absolute atomic E-state index is 0.179. The van der Waals surface area contributed by atoms with Crippen LogP contribution < -0.4 is 10.2 Å². The van der Waals surface area contributed by atoms with E-state index in [-0.39, 0.29) is 11.3 Å². The monoisotopic (exact) mass is 312 g/mol. The molecule has 0 spiro atoms. The van der Waals surface area contributed by atoms with Gasteiger partial charge in [0.2, 0.25) is 0 Å². The second kappa shape index (κ2) is 7.22. The SMILES string of the molecule is COC(=O)c1ccccc1NC(=O)C(=O)N(C)c1ccccc1. The number of nitrogens with zero attached hydrogens (tertiary/aromatic N) is 1. The summed E-state index contributed by atoms with van der Waals surface area (Å²) in [5.41, 5.74) is 0.992. The first-order chi connectivity index (χ1) is 11.0. The number of carbonyl (C=O) groups is 3. The summed E-state index contributed by atoms with van der Waals surface area (Å²) >= 11 is 0. The highest BCUT2D eigenvalue weighted by Crippen LogP contribution is 2.17. The predicted molar refractivity (Wildman–Crippen MR) is 86.3 cm³/mol. The van der Waals surface area contributed by atoms with Crippen molar-refractivity contribution in [1.82, 2.24) is 0 Å². The second-order valence-corrected chi connectivity index (χ2v) is 4.69. The molecule has 118 valence electrons. The van der Waals surface area contributed by atoms with E-state index in [4.69, 9.17) is 0 Å². The molecule has 0 saturated heterocycles. The average Bonchev–Trinajstić information content (AvgIpc) is 2.61. The van der Waals surface area contributed by atoms with E-state index in [1.807, 2.05) is 6.07 Å². The number of anilines is 2. The van der Waals surface area contributed by atoms with Crippen LogP contribution in [0.15, 0.2) is 54.6 Å². The lowest BCUT2D eigenvalue weighted by Gasteiger charge is -2.17. The maximum absolute atomic E-state index is 12.2. The number of rotatable bonds is 3. The standard InChI is InChI=1S/C17H16N2O4/c1-19(12-8-4-3-5-9-12)16(21)15(20)18-14-11-7-6-10-13(14)17(22)23-2/h3-11H,1-2H3,(H,18,20). The van der Waals surface area contributed by atoms with Crippen molar-refractivity contribution in [1.29, 1.82) is 0 Å². The molecule has 2 amide bonds. The van der Waals surface area contributed by atoms with Gasteiger partial charge in [0.05, 0.1) is 18.4 Å². The number of hydrogen-bond acceptors (Lipinski definition) is 4. The highest BCUT2D eigenvalue weighted by atomic mass is 16.5. The fourth-order valence-electron chi connectivity index (χ4n) is 1.98. The number of hydrogen-bond donors (Lipinski definition) is 1. The maximum Gasteiger partial charge on any atom is 0.339 e. The molecule has 2 rings (SSSR count). The molecule has 0 heterocycles. The van der Waals surface area contributed by atoms with Crippen molar-refractivity contribution in [3.8, 4) is 0 Å². The minimum atomic E-state index is -0.840. The van der Waals surface area contributed by atoms with Crippen molar-refractivity contribution in [2.75, 3.05) is 24.4 Å². The van der Waals surface area contributed by atoms with Gasteiger partial charge in [-0.25, -0.2) is 4.79 Å². The molecule has 0 bridgehead atoms. The zero-order valence-electron chi connectivity index (χ0n) is 12.8. The molecule has 6 heteroatoms.